The van der Waals surface area contributed by atoms with E-state index in [1.54, 1.807) is 17.7 Å². The summed E-state index contributed by atoms with van der Waals surface area (Å²) in [7, 11) is -2.80. The van der Waals surface area contributed by atoms with Gasteiger partial charge in [-0.25, -0.2) is 0 Å². The molecule has 0 N–H and O–H groups in total. The van der Waals surface area contributed by atoms with Crippen LogP contribution in [0.3, 0.4) is 0 Å². The maximum atomic E-state index is 10.3. The molecule has 0 aliphatic heterocycles. The standard InChI is InChI=1S/C7H9N2O3.BF4/c1-8-5-6(9(10)11)3-4-7(8)12-2;2-1(3,4)5/h3-5H,1-2H3;/q+1;-1. The van der Waals surface area contributed by atoms with Gasteiger partial charge in [0.25, 0.3) is 0 Å². The quantitative estimate of drug-likeness (QED) is 0.266. The molecule has 0 aromatic carbocycles. The van der Waals surface area contributed by atoms with Gasteiger partial charge in [-0.3, -0.25) is 10.1 Å². The molecule has 10 heteroatoms. The highest BCUT2D eigenvalue weighted by molar-refractivity contribution is 6.50. The summed E-state index contributed by atoms with van der Waals surface area (Å²) in [6, 6.07) is 2.96. The summed E-state index contributed by atoms with van der Waals surface area (Å²) in [6.45, 7) is 0. The zero-order chi connectivity index (χ0) is 13.6. The van der Waals surface area contributed by atoms with Crippen LogP contribution in [0.5, 0.6) is 5.88 Å². The number of nitrogens with zero attached hydrogens (tertiary/aromatic N) is 2. The number of hydrogen-bond acceptors (Lipinski definition) is 3. The van der Waals surface area contributed by atoms with Gasteiger partial charge in [-0.15, -0.1) is 0 Å². The average Bonchev–Trinajstić information content (AvgIpc) is 2.14. The molecule has 17 heavy (non-hydrogen) atoms. The van der Waals surface area contributed by atoms with Crippen molar-refractivity contribution < 1.29 is 31.5 Å². The number of aryl methyl sites for hydroxylation is 1. The number of hydrogen-bond donors (Lipinski definition) is 0. The first-order valence-corrected chi connectivity index (χ1v) is 4.20. The molecule has 0 spiro atoms. The Morgan fingerprint density at radius 2 is 1.82 bits per heavy atom. The average molecular weight is 256 g/mol. The van der Waals surface area contributed by atoms with E-state index in [4.69, 9.17) is 4.74 Å². The summed E-state index contributed by atoms with van der Waals surface area (Å²) in [6.07, 6.45) is 1.40. The van der Waals surface area contributed by atoms with Gasteiger partial charge < -0.3 is 22.0 Å². The van der Waals surface area contributed by atoms with Crippen LogP contribution in [0.2, 0.25) is 0 Å². The normalized spacial score (nSPS) is 10.2. The molecule has 0 fully saturated rings. The zero-order valence-corrected chi connectivity index (χ0v) is 8.94. The van der Waals surface area contributed by atoms with Gasteiger partial charge >= 0.3 is 18.8 Å². The van der Waals surface area contributed by atoms with Crippen molar-refractivity contribution in [1.29, 1.82) is 0 Å². The molecular formula is C7H9BF4N2O3. The smallest absolute Gasteiger partial charge is 0.448 e. The van der Waals surface area contributed by atoms with Gasteiger partial charge in [-0.05, 0) is 0 Å². The van der Waals surface area contributed by atoms with Crippen LogP contribution in [0.1, 0.15) is 0 Å². The highest BCUT2D eigenvalue weighted by Crippen LogP contribution is 2.10. The summed E-state index contributed by atoms with van der Waals surface area (Å²) in [5.74, 6) is 0.584. The lowest BCUT2D eigenvalue weighted by Crippen LogP contribution is -2.29. The van der Waals surface area contributed by atoms with Crippen molar-refractivity contribution in [2.45, 2.75) is 0 Å². The first-order valence-electron chi connectivity index (χ1n) is 4.20. The van der Waals surface area contributed by atoms with Gasteiger partial charge in [0.1, 0.15) is 7.05 Å². The predicted octanol–water partition coefficient (Wildman–Crippen LogP) is 1.73. The Hall–Kier alpha value is -1.87. The number of aromatic nitrogens is 1. The minimum atomic E-state index is -6.00. The van der Waals surface area contributed by atoms with Crippen molar-refractivity contribution in [1.82, 2.24) is 0 Å². The first kappa shape index (κ1) is 15.1. The van der Waals surface area contributed by atoms with E-state index in [0.717, 1.165) is 0 Å². The van der Waals surface area contributed by atoms with Gasteiger partial charge in [0.2, 0.25) is 6.20 Å². The molecule has 1 aromatic rings. The highest BCUT2D eigenvalue weighted by atomic mass is 19.5. The summed E-state index contributed by atoms with van der Waals surface area (Å²) < 4.78 is 45.5. The Morgan fingerprint density at radius 3 is 2.12 bits per heavy atom. The van der Waals surface area contributed by atoms with Crippen molar-refractivity contribution in [2.24, 2.45) is 7.05 Å². The predicted molar refractivity (Wildman–Crippen MR) is 51.0 cm³/mol. The Labute approximate surface area is 93.9 Å². The Kier molecular flexibility index (Phi) is 5.36. The van der Waals surface area contributed by atoms with Crippen LogP contribution in [-0.2, 0) is 7.05 Å². The first-order chi connectivity index (χ1) is 7.65. The third-order valence-corrected chi connectivity index (χ3v) is 1.49. The van der Waals surface area contributed by atoms with Gasteiger partial charge in [0, 0.05) is 6.07 Å². The summed E-state index contributed by atoms with van der Waals surface area (Å²) >= 11 is 0. The molecule has 0 atom stereocenters. The minimum Gasteiger partial charge on any atom is -0.448 e. The highest BCUT2D eigenvalue weighted by Gasteiger charge is 2.20. The number of pyridine rings is 1. The van der Waals surface area contributed by atoms with Gasteiger partial charge in [-0.2, -0.15) is 4.57 Å². The van der Waals surface area contributed by atoms with Crippen molar-refractivity contribution in [3.05, 3.63) is 28.4 Å². The van der Waals surface area contributed by atoms with E-state index in [1.165, 1.54) is 19.4 Å². The lowest BCUT2D eigenvalue weighted by Gasteiger charge is -1.95. The van der Waals surface area contributed by atoms with Gasteiger partial charge in [0.05, 0.1) is 18.1 Å². The molecule has 0 saturated carbocycles. The second-order valence-electron chi connectivity index (χ2n) is 2.79. The zero-order valence-electron chi connectivity index (χ0n) is 8.94. The molecule has 0 unspecified atom stereocenters. The maximum absolute atomic E-state index is 10.3. The van der Waals surface area contributed by atoms with E-state index in [-0.39, 0.29) is 5.69 Å². The largest absolute Gasteiger partial charge is 0.673 e. The SMILES string of the molecule is COc1ccc([N+](=O)[O-])c[n+]1C.F[B-](F)(F)F. The third-order valence-electron chi connectivity index (χ3n) is 1.49. The molecule has 0 aliphatic carbocycles. The monoisotopic (exact) mass is 256 g/mol. The Bertz CT molecular complexity index is 393. The Balaban J connectivity index is 0.000000437. The molecule has 96 valence electrons. The van der Waals surface area contributed by atoms with E-state index in [0.29, 0.717) is 5.88 Å². The lowest BCUT2D eigenvalue weighted by atomic mass is 10.3. The van der Waals surface area contributed by atoms with Crippen LogP contribution in [-0.4, -0.2) is 19.3 Å². The number of ether oxygens (including phenoxy) is 1. The second-order valence-corrected chi connectivity index (χ2v) is 2.79. The molecule has 0 radical (unpaired) electrons. The van der Waals surface area contributed by atoms with Gasteiger partial charge in [-0.1, -0.05) is 0 Å². The molecule has 0 saturated heterocycles. The molecule has 5 nitrogen and oxygen atoms in total. The number of methoxy groups -OCH3 is 1. The van der Waals surface area contributed by atoms with Crippen molar-refractivity contribution >= 4 is 12.9 Å². The van der Waals surface area contributed by atoms with Crippen molar-refractivity contribution in [3.63, 3.8) is 0 Å². The topological polar surface area (TPSA) is 56.3 Å². The number of rotatable bonds is 2. The summed E-state index contributed by atoms with van der Waals surface area (Å²) in [5, 5.41) is 10.3. The molecule has 0 amide bonds. The molecule has 1 aromatic heterocycles. The van der Waals surface area contributed by atoms with Crippen LogP contribution in [0.25, 0.3) is 0 Å². The van der Waals surface area contributed by atoms with Crippen LogP contribution in [0, 0.1) is 10.1 Å². The fourth-order valence-corrected chi connectivity index (χ4v) is 0.899. The lowest BCUT2D eigenvalue weighted by molar-refractivity contribution is -0.679. The fourth-order valence-electron chi connectivity index (χ4n) is 0.899. The fraction of sp³-hybridized carbons (Fsp3) is 0.286. The van der Waals surface area contributed by atoms with E-state index in [1.807, 2.05) is 0 Å². The number of nitro groups is 1. The third kappa shape index (κ3) is 7.09. The maximum Gasteiger partial charge on any atom is 0.673 e. The van der Waals surface area contributed by atoms with Crippen LogP contribution >= 0.6 is 0 Å². The minimum absolute atomic E-state index is 0.0540. The second kappa shape index (κ2) is 6.02. The summed E-state index contributed by atoms with van der Waals surface area (Å²) in [5.41, 5.74) is 0.0540. The summed E-state index contributed by atoms with van der Waals surface area (Å²) in [4.78, 5) is 9.86. The molecule has 1 heterocycles. The van der Waals surface area contributed by atoms with Crippen LogP contribution in [0.15, 0.2) is 18.3 Å². The van der Waals surface area contributed by atoms with Crippen molar-refractivity contribution in [3.8, 4) is 5.88 Å². The molecule has 0 aliphatic rings. The Morgan fingerprint density at radius 1 is 1.35 bits per heavy atom. The van der Waals surface area contributed by atoms with Crippen molar-refractivity contribution in [2.75, 3.05) is 7.11 Å². The van der Waals surface area contributed by atoms with E-state index >= 15 is 0 Å². The van der Waals surface area contributed by atoms with Crippen LogP contribution in [0.4, 0.5) is 23.0 Å². The van der Waals surface area contributed by atoms with E-state index in [2.05, 4.69) is 0 Å². The molecule has 1 rings (SSSR count). The molecule has 0 bridgehead atoms. The molecular weight excluding hydrogens is 247 g/mol. The van der Waals surface area contributed by atoms with Gasteiger partial charge in [0.15, 0.2) is 0 Å². The number of halogens is 4. The van der Waals surface area contributed by atoms with Crippen LogP contribution < -0.4 is 9.30 Å². The van der Waals surface area contributed by atoms with E-state index in [9.17, 15) is 27.4 Å². The van der Waals surface area contributed by atoms with E-state index < -0.39 is 12.2 Å².